The number of fused-ring (bicyclic) bond motifs is 2. The fraction of sp³-hybridized carbons (Fsp3) is 0.750. The van der Waals surface area contributed by atoms with Crippen LogP contribution in [-0.2, 0) is 22.5 Å². The van der Waals surface area contributed by atoms with Crippen LogP contribution in [-0.4, -0.2) is 56.1 Å². The van der Waals surface area contributed by atoms with Gasteiger partial charge in [0.2, 0.25) is 0 Å². The highest BCUT2D eigenvalue weighted by Gasteiger charge is 2.38. The maximum Gasteiger partial charge on any atom is 0.318 e. The quantitative estimate of drug-likeness (QED) is 0.814. The van der Waals surface area contributed by atoms with Gasteiger partial charge in [-0.05, 0) is 33.6 Å². The lowest BCUT2D eigenvalue weighted by Gasteiger charge is -2.30. The molecule has 3 rings (SSSR count). The molecule has 8 nitrogen and oxygen atoms in total. The highest BCUT2D eigenvalue weighted by molar-refractivity contribution is 5.77. The molecule has 0 saturated carbocycles. The molecule has 8 heteroatoms. The van der Waals surface area contributed by atoms with Crippen molar-refractivity contribution in [1.82, 2.24) is 25.2 Å². The number of esters is 1. The summed E-state index contributed by atoms with van der Waals surface area (Å²) in [6, 6.07) is 0.478. The monoisotopic (exact) mass is 335 g/mol. The third-order valence-corrected chi connectivity index (χ3v) is 4.28. The fourth-order valence-electron chi connectivity index (χ4n) is 3.22. The van der Waals surface area contributed by atoms with E-state index in [1.165, 1.54) is 0 Å². The Bertz CT molecular complexity index is 621. The summed E-state index contributed by atoms with van der Waals surface area (Å²) in [4.78, 5) is 25.5. The summed E-state index contributed by atoms with van der Waals surface area (Å²) in [5.74, 6) is -0.232. The predicted molar refractivity (Wildman–Crippen MR) is 86.2 cm³/mol. The van der Waals surface area contributed by atoms with Gasteiger partial charge in [-0.25, -0.2) is 4.79 Å². The number of nitrogens with one attached hydrogen (secondary N) is 1. The van der Waals surface area contributed by atoms with E-state index in [2.05, 4.69) is 15.6 Å². The fourth-order valence-corrected chi connectivity index (χ4v) is 3.22. The van der Waals surface area contributed by atoms with Crippen molar-refractivity contribution in [1.29, 1.82) is 0 Å². The molecular weight excluding hydrogens is 310 g/mol. The largest absolute Gasteiger partial charge is 0.460 e. The van der Waals surface area contributed by atoms with Gasteiger partial charge in [0, 0.05) is 25.2 Å². The van der Waals surface area contributed by atoms with Crippen molar-refractivity contribution in [3.63, 3.8) is 0 Å². The van der Waals surface area contributed by atoms with Crippen LogP contribution in [0.2, 0.25) is 0 Å². The summed E-state index contributed by atoms with van der Waals surface area (Å²) in [6.07, 6.45) is 4.62. The van der Waals surface area contributed by atoms with E-state index in [1.54, 1.807) is 4.68 Å². The molecule has 0 aromatic carbocycles. The van der Waals surface area contributed by atoms with Gasteiger partial charge < -0.3 is 15.0 Å². The maximum atomic E-state index is 11.9. The van der Waals surface area contributed by atoms with Gasteiger partial charge in [-0.15, -0.1) is 5.10 Å². The molecule has 3 heterocycles. The number of nitrogens with zero attached hydrogens (tertiary/aromatic N) is 4. The lowest BCUT2D eigenvalue weighted by atomic mass is 10.0. The molecular formula is C16H25N5O3. The summed E-state index contributed by atoms with van der Waals surface area (Å²) in [7, 11) is 0. The van der Waals surface area contributed by atoms with E-state index in [0.29, 0.717) is 19.0 Å². The topological polar surface area (TPSA) is 89.4 Å². The van der Waals surface area contributed by atoms with E-state index in [4.69, 9.17) is 4.74 Å². The summed E-state index contributed by atoms with van der Waals surface area (Å²) in [5, 5.41) is 11.2. The minimum Gasteiger partial charge on any atom is -0.460 e. The van der Waals surface area contributed by atoms with Crippen molar-refractivity contribution >= 4 is 12.0 Å². The number of amides is 2. The Labute approximate surface area is 141 Å². The summed E-state index contributed by atoms with van der Waals surface area (Å²) in [5.41, 5.74) is 0.296. The Balaban J connectivity index is 1.51. The smallest absolute Gasteiger partial charge is 0.318 e. The zero-order chi connectivity index (χ0) is 17.3. The lowest BCUT2D eigenvalue weighted by Crippen LogP contribution is -2.42. The minimum absolute atomic E-state index is 0.0211. The third-order valence-electron chi connectivity index (χ3n) is 4.28. The lowest BCUT2D eigenvalue weighted by molar-refractivity contribution is -0.154. The van der Waals surface area contributed by atoms with Crippen molar-refractivity contribution < 1.29 is 14.3 Å². The van der Waals surface area contributed by atoms with E-state index >= 15 is 0 Å². The summed E-state index contributed by atoms with van der Waals surface area (Å²) >= 11 is 0. The Hall–Kier alpha value is -2.12. The zero-order valence-corrected chi connectivity index (χ0v) is 14.5. The standard InChI is InChI=1S/C16H25N5O3/c1-16(2,3)24-14(22)7-5-12-8-20(19-18-12)10-13-6-4-11-9-21(13)15(23)17-11/h8,11,13H,4-7,9-10H2,1-3H3,(H,17,23)/t11-,13+/m1/s1. The number of ether oxygens (including phenoxy) is 1. The zero-order valence-electron chi connectivity index (χ0n) is 14.5. The summed E-state index contributed by atoms with van der Waals surface area (Å²) < 4.78 is 7.05. The summed E-state index contributed by atoms with van der Waals surface area (Å²) in [6.45, 7) is 6.97. The van der Waals surface area contributed by atoms with Crippen LogP contribution in [0.25, 0.3) is 0 Å². The molecule has 2 aliphatic heterocycles. The highest BCUT2D eigenvalue weighted by atomic mass is 16.6. The molecule has 2 atom stereocenters. The Morgan fingerprint density at radius 3 is 2.96 bits per heavy atom. The maximum absolute atomic E-state index is 11.9. The van der Waals surface area contributed by atoms with Crippen molar-refractivity contribution in [2.45, 2.75) is 70.7 Å². The SMILES string of the molecule is CC(C)(C)OC(=O)CCc1cn(C[C@@H]2CC[C@@H]3CN2C(=O)N3)nn1. The van der Waals surface area contributed by atoms with Crippen LogP contribution in [0.1, 0.15) is 45.7 Å². The number of hydrogen-bond acceptors (Lipinski definition) is 5. The van der Waals surface area contributed by atoms with Crippen molar-refractivity contribution in [2.24, 2.45) is 0 Å². The molecule has 2 fully saturated rings. The first kappa shape index (κ1) is 16.7. The highest BCUT2D eigenvalue weighted by Crippen LogP contribution is 2.23. The van der Waals surface area contributed by atoms with Crippen LogP contribution in [0.5, 0.6) is 0 Å². The normalized spacial score (nSPS) is 23.3. The molecule has 0 unspecified atom stereocenters. The molecule has 132 valence electrons. The van der Waals surface area contributed by atoms with Gasteiger partial charge in [-0.2, -0.15) is 0 Å². The van der Waals surface area contributed by atoms with Gasteiger partial charge >= 0.3 is 12.0 Å². The number of aryl methyl sites for hydroxylation is 1. The van der Waals surface area contributed by atoms with Crippen LogP contribution in [0, 0.1) is 0 Å². The molecule has 1 N–H and O–H groups in total. The number of urea groups is 1. The number of aromatic nitrogens is 3. The number of carbonyl (C=O) groups excluding carboxylic acids is 2. The van der Waals surface area contributed by atoms with Gasteiger partial charge in [0.1, 0.15) is 5.60 Å². The molecule has 0 aliphatic carbocycles. The average molecular weight is 335 g/mol. The van der Waals surface area contributed by atoms with Gasteiger partial charge in [0.05, 0.1) is 24.7 Å². The molecule has 2 amide bonds. The predicted octanol–water partition coefficient (Wildman–Crippen LogP) is 1.11. The minimum atomic E-state index is -0.468. The van der Waals surface area contributed by atoms with Gasteiger partial charge in [0.15, 0.2) is 0 Å². The number of rotatable bonds is 5. The van der Waals surface area contributed by atoms with Gasteiger partial charge in [0.25, 0.3) is 0 Å². The van der Waals surface area contributed by atoms with Crippen molar-refractivity contribution in [3.05, 3.63) is 11.9 Å². The van der Waals surface area contributed by atoms with Crippen molar-refractivity contribution in [2.75, 3.05) is 6.54 Å². The number of piperidine rings is 1. The van der Waals surface area contributed by atoms with E-state index in [1.807, 2.05) is 31.9 Å². The van der Waals surface area contributed by atoms with E-state index < -0.39 is 5.60 Å². The Morgan fingerprint density at radius 2 is 2.21 bits per heavy atom. The first-order chi connectivity index (χ1) is 11.3. The van der Waals surface area contributed by atoms with Gasteiger partial charge in [-0.1, -0.05) is 5.21 Å². The number of carbonyl (C=O) groups is 2. The Kier molecular flexibility index (Phi) is 4.47. The molecule has 0 radical (unpaired) electrons. The van der Waals surface area contributed by atoms with Crippen LogP contribution < -0.4 is 5.32 Å². The molecule has 24 heavy (non-hydrogen) atoms. The molecule has 2 aliphatic rings. The van der Waals surface area contributed by atoms with Crippen LogP contribution in [0.3, 0.4) is 0 Å². The molecule has 2 saturated heterocycles. The third kappa shape index (κ3) is 4.04. The molecule has 1 aromatic rings. The van der Waals surface area contributed by atoms with E-state index in [0.717, 1.165) is 25.1 Å². The Morgan fingerprint density at radius 1 is 1.42 bits per heavy atom. The first-order valence-electron chi connectivity index (χ1n) is 8.48. The number of hydrogen-bond donors (Lipinski definition) is 1. The second-order valence-corrected chi connectivity index (χ2v) is 7.55. The second-order valence-electron chi connectivity index (χ2n) is 7.55. The van der Waals surface area contributed by atoms with Gasteiger partial charge in [-0.3, -0.25) is 9.48 Å². The van der Waals surface area contributed by atoms with Crippen LogP contribution >= 0.6 is 0 Å². The average Bonchev–Trinajstić information content (AvgIpc) is 3.03. The van der Waals surface area contributed by atoms with Crippen molar-refractivity contribution in [3.8, 4) is 0 Å². The van der Waals surface area contributed by atoms with Crippen LogP contribution in [0.15, 0.2) is 6.20 Å². The molecule has 0 spiro atoms. The van der Waals surface area contributed by atoms with E-state index in [-0.39, 0.29) is 24.5 Å². The van der Waals surface area contributed by atoms with Crippen LogP contribution in [0.4, 0.5) is 4.79 Å². The first-order valence-corrected chi connectivity index (χ1v) is 8.48. The second kappa shape index (κ2) is 6.41. The molecule has 2 bridgehead atoms. The van der Waals surface area contributed by atoms with E-state index in [9.17, 15) is 9.59 Å². The molecule has 1 aromatic heterocycles.